The van der Waals surface area contributed by atoms with Crippen LogP contribution in [0.1, 0.15) is 24.5 Å². The topological polar surface area (TPSA) is 26.0 Å². The minimum absolute atomic E-state index is 0.319. The Morgan fingerprint density at radius 2 is 2.19 bits per heavy atom. The predicted molar refractivity (Wildman–Crippen MR) is 58.9 cm³/mol. The van der Waals surface area contributed by atoms with Crippen LogP contribution in [-0.2, 0) is 0 Å². The van der Waals surface area contributed by atoms with Gasteiger partial charge < -0.3 is 4.52 Å². The number of benzene rings is 1. The van der Waals surface area contributed by atoms with E-state index in [2.05, 4.69) is 5.16 Å². The number of hydrogen-bond donors (Lipinski definition) is 0. The van der Waals surface area contributed by atoms with E-state index in [1.807, 2.05) is 0 Å². The minimum atomic E-state index is -0.372. The van der Waals surface area contributed by atoms with Gasteiger partial charge in [0.05, 0.1) is 10.6 Å². The number of nitrogens with zero attached hydrogens (tertiary/aromatic N) is 1. The van der Waals surface area contributed by atoms with Gasteiger partial charge in [-0.2, -0.15) is 0 Å². The molecule has 1 aliphatic rings. The van der Waals surface area contributed by atoms with Crippen LogP contribution >= 0.6 is 11.6 Å². The molecule has 1 aliphatic carbocycles. The molecule has 1 fully saturated rings. The fourth-order valence-electron chi connectivity index (χ4n) is 1.71. The first-order valence-corrected chi connectivity index (χ1v) is 5.54. The molecule has 0 N–H and O–H groups in total. The van der Waals surface area contributed by atoms with Crippen LogP contribution in [0.2, 0.25) is 5.02 Å². The van der Waals surface area contributed by atoms with E-state index in [1.54, 1.807) is 18.2 Å². The molecule has 0 amide bonds. The third-order valence-corrected chi connectivity index (χ3v) is 3.04. The third kappa shape index (κ3) is 1.61. The average Bonchev–Trinajstić information content (AvgIpc) is 2.99. The van der Waals surface area contributed by atoms with E-state index in [-0.39, 0.29) is 5.82 Å². The molecule has 4 heteroatoms. The van der Waals surface area contributed by atoms with Gasteiger partial charge in [0.2, 0.25) is 0 Å². The van der Waals surface area contributed by atoms with Crippen LogP contribution in [0.3, 0.4) is 0 Å². The van der Waals surface area contributed by atoms with Gasteiger partial charge in [0.25, 0.3) is 0 Å². The fraction of sp³-hybridized carbons (Fsp3) is 0.250. The minimum Gasteiger partial charge on any atom is -0.360 e. The van der Waals surface area contributed by atoms with Crippen molar-refractivity contribution in [1.29, 1.82) is 0 Å². The van der Waals surface area contributed by atoms with E-state index >= 15 is 0 Å². The molecule has 3 rings (SSSR count). The normalized spacial score (nSPS) is 15.4. The Labute approximate surface area is 97.0 Å². The molecule has 2 aromatic rings. The van der Waals surface area contributed by atoms with Crippen LogP contribution in [0.5, 0.6) is 0 Å². The second-order valence-electron chi connectivity index (χ2n) is 3.99. The third-order valence-electron chi connectivity index (χ3n) is 2.73. The fourth-order valence-corrected chi connectivity index (χ4v) is 1.97. The zero-order chi connectivity index (χ0) is 11.1. The highest BCUT2D eigenvalue weighted by molar-refractivity contribution is 6.33. The Morgan fingerprint density at radius 1 is 1.38 bits per heavy atom. The molecule has 16 heavy (non-hydrogen) atoms. The van der Waals surface area contributed by atoms with Gasteiger partial charge in [-0.15, -0.1) is 0 Å². The molecule has 0 atom stereocenters. The van der Waals surface area contributed by atoms with E-state index in [9.17, 15) is 4.39 Å². The van der Waals surface area contributed by atoms with Crippen molar-refractivity contribution in [3.8, 4) is 11.3 Å². The molecule has 0 bridgehead atoms. The Balaban J connectivity index is 2.06. The van der Waals surface area contributed by atoms with Crippen molar-refractivity contribution in [2.24, 2.45) is 0 Å². The van der Waals surface area contributed by atoms with Crippen LogP contribution in [0, 0.1) is 5.82 Å². The zero-order valence-electron chi connectivity index (χ0n) is 8.41. The van der Waals surface area contributed by atoms with Gasteiger partial charge >= 0.3 is 0 Å². The molecule has 1 saturated carbocycles. The lowest BCUT2D eigenvalue weighted by Crippen LogP contribution is -1.85. The smallest absolute Gasteiger partial charge is 0.140 e. The summed E-state index contributed by atoms with van der Waals surface area (Å²) in [4.78, 5) is 0. The van der Waals surface area contributed by atoms with E-state index < -0.39 is 0 Å². The van der Waals surface area contributed by atoms with Crippen molar-refractivity contribution in [3.63, 3.8) is 0 Å². The molecule has 0 unspecified atom stereocenters. The lowest BCUT2D eigenvalue weighted by Gasteiger charge is -2.00. The average molecular weight is 238 g/mol. The van der Waals surface area contributed by atoms with Crippen LogP contribution < -0.4 is 0 Å². The summed E-state index contributed by atoms with van der Waals surface area (Å²) in [5.41, 5.74) is 0.796. The molecule has 0 saturated heterocycles. The summed E-state index contributed by atoms with van der Waals surface area (Å²) in [5.74, 6) is 0.921. The summed E-state index contributed by atoms with van der Waals surface area (Å²) in [7, 11) is 0. The van der Waals surface area contributed by atoms with Crippen molar-refractivity contribution in [2.45, 2.75) is 18.8 Å². The molecular formula is C12H9ClFNO. The van der Waals surface area contributed by atoms with Crippen LogP contribution in [0.4, 0.5) is 4.39 Å². The quantitative estimate of drug-likeness (QED) is 0.789. The van der Waals surface area contributed by atoms with Crippen LogP contribution in [-0.4, -0.2) is 5.16 Å². The van der Waals surface area contributed by atoms with Crippen molar-refractivity contribution >= 4 is 11.6 Å². The highest BCUT2D eigenvalue weighted by atomic mass is 35.5. The summed E-state index contributed by atoms with van der Waals surface area (Å²) in [6.45, 7) is 0. The SMILES string of the molecule is Fc1cccc(Cl)c1-c1cc(C2CC2)on1. The van der Waals surface area contributed by atoms with Gasteiger partial charge in [0.15, 0.2) is 0 Å². The Hall–Kier alpha value is -1.35. The maximum absolute atomic E-state index is 13.6. The first-order valence-electron chi connectivity index (χ1n) is 5.16. The summed E-state index contributed by atoms with van der Waals surface area (Å²) in [6.07, 6.45) is 2.25. The number of hydrogen-bond acceptors (Lipinski definition) is 2. The van der Waals surface area contributed by atoms with Gasteiger partial charge in [0.1, 0.15) is 17.3 Å². The maximum Gasteiger partial charge on any atom is 0.140 e. The zero-order valence-corrected chi connectivity index (χ0v) is 9.17. The van der Waals surface area contributed by atoms with Gasteiger partial charge in [-0.05, 0) is 25.0 Å². The molecule has 1 aromatic carbocycles. The largest absolute Gasteiger partial charge is 0.360 e. The summed E-state index contributed by atoms with van der Waals surface area (Å²) < 4.78 is 18.8. The van der Waals surface area contributed by atoms with Gasteiger partial charge in [-0.3, -0.25) is 0 Å². The molecule has 1 heterocycles. The predicted octanol–water partition coefficient (Wildman–Crippen LogP) is 4.01. The molecule has 2 nitrogen and oxygen atoms in total. The summed E-state index contributed by atoms with van der Waals surface area (Å²) in [5, 5.41) is 4.23. The lowest BCUT2D eigenvalue weighted by molar-refractivity contribution is 0.386. The van der Waals surface area contributed by atoms with E-state index in [4.69, 9.17) is 16.1 Å². The maximum atomic E-state index is 13.6. The standard InChI is InChI=1S/C12H9ClFNO/c13-8-2-1-3-9(14)12(8)10-6-11(16-15-10)7-4-5-7/h1-3,6-7H,4-5H2. The molecular weight excluding hydrogens is 229 g/mol. The highest BCUT2D eigenvalue weighted by Gasteiger charge is 2.28. The van der Waals surface area contributed by atoms with Gasteiger partial charge in [-0.1, -0.05) is 22.8 Å². The van der Waals surface area contributed by atoms with Crippen LogP contribution in [0.15, 0.2) is 28.8 Å². The van der Waals surface area contributed by atoms with Crippen molar-refractivity contribution in [2.75, 3.05) is 0 Å². The van der Waals surface area contributed by atoms with Gasteiger partial charge in [-0.25, -0.2) is 4.39 Å². The van der Waals surface area contributed by atoms with E-state index in [0.29, 0.717) is 22.2 Å². The molecule has 0 spiro atoms. The molecule has 1 aromatic heterocycles. The first-order chi connectivity index (χ1) is 7.75. The van der Waals surface area contributed by atoms with Gasteiger partial charge in [0, 0.05) is 12.0 Å². The molecule has 0 radical (unpaired) electrons. The number of halogens is 2. The molecule has 0 aliphatic heterocycles. The lowest BCUT2D eigenvalue weighted by atomic mass is 10.1. The van der Waals surface area contributed by atoms with E-state index in [0.717, 1.165) is 18.6 Å². The van der Waals surface area contributed by atoms with Crippen LogP contribution in [0.25, 0.3) is 11.3 Å². The number of aromatic nitrogens is 1. The summed E-state index contributed by atoms with van der Waals surface area (Å²) >= 11 is 5.95. The first kappa shape index (κ1) is 9.85. The van der Waals surface area contributed by atoms with Crippen molar-refractivity contribution in [1.82, 2.24) is 5.16 Å². The van der Waals surface area contributed by atoms with Crippen molar-refractivity contribution < 1.29 is 8.91 Å². The highest BCUT2D eigenvalue weighted by Crippen LogP contribution is 2.42. The second kappa shape index (κ2) is 3.59. The Morgan fingerprint density at radius 3 is 2.88 bits per heavy atom. The second-order valence-corrected chi connectivity index (χ2v) is 4.39. The Kier molecular flexibility index (Phi) is 2.21. The summed E-state index contributed by atoms with van der Waals surface area (Å²) in [6, 6.07) is 6.36. The molecule has 82 valence electrons. The Bertz CT molecular complexity index is 513. The van der Waals surface area contributed by atoms with E-state index in [1.165, 1.54) is 6.07 Å². The van der Waals surface area contributed by atoms with Crippen molar-refractivity contribution in [3.05, 3.63) is 40.9 Å². The number of rotatable bonds is 2. The monoisotopic (exact) mass is 237 g/mol.